The van der Waals surface area contributed by atoms with E-state index in [1.54, 1.807) is 0 Å². The van der Waals surface area contributed by atoms with Crippen LogP contribution in [0, 0.1) is 11.8 Å². The summed E-state index contributed by atoms with van der Waals surface area (Å²) in [5, 5.41) is 0. The minimum atomic E-state index is -0.209. The van der Waals surface area contributed by atoms with Gasteiger partial charge in [-0.05, 0) is 11.1 Å². The summed E-state index contributed by atoms with van der Waals surface area (Å²) < 4.78 is 0. The minimum absolute atomic E-state index is 0.117. The van der Waals surface area contributed by atoms with Crippen LogP contribution in [0.2, 0.25) is 0 Å². The molecule has 4 nitrogen and oxygen atoms in total. The van der Waals surface area contributed by atoms with Gasteiger partial charge in [0, 0.05) is 26.2 Å². The first-order chi connectivity index (χ1) is 12.5. The van der Waals surface area contributed by atoms with Crippen molar-refractivity contribution in [2.45, 2.75) is 26.9 Å². The van der Waals surface area contributed by atoms with E-state index in [0.717, 1.165) is 11.1 Å². The Bertz CT molecular complexity index is 680. The molecule has 2 unspecified atom stereocenters. The molecule has 1 fully saturated rings. The zero-order valence-electron chi connectivity index (χ0n) is 15.5. The Balaban J connectivity index is 1.75. The molecule has 0 radical (unpaired) electrons. The van der Waals surface area contributed by atoms with Gasteiger partial charge in [0.15, 0.2) is 0 Å². The van der Waals surface area contributed by atoms with Gasteiger partial charge >= 0.3 is 0 Å². The molecule has 136 valence electrons. The molecule has 1 aliphatic heterocycles. The minimum Gasteiger partial charge on any atom is -0.337 e. The zero-order valence-corrected chi connectivity index (χ0v) is 15.5. The number of nitrogens with zero attached hydrogens (tertiary/aromatic N) is 2. The summed E-state index contributed by atoms with van der Waals surface area (Å²) in [5.41, 5.74) is 2.18. The molecule has 3 rings (SSSR count). The summed E-state index contributed by atoms with van der Waals surface area (Å²) in [5.74, 6) is -0.185. The lowest BCUT2D eigenvalue weighted by Crippen LogP contribution is -2.50. The zero-order chi connectivity index (χ0) is 18.5. The third-order valence-electron chi connectivity index (χ3n) is 4.89. The maximum atomic E-state index is 12.9. The number of rotatable bonds is 4. The van der Waals surface area contributed by atoms with Crippen LogP contribution < -0.4 is 0 Å². The van der Waals surface area contributed by atoms with Crippen LogP contribution in [0.15, 0.2) is 60.7 Å². The Morgan fingerprint density at radius 2 is 1.04 bits per heavy atom. The molecule has 0 spiro atoms. The summed E-state index contributed by atoms with van der Waals surface area (Å²) in [7, 11) is 0. The Labute approximate surface area is 155 Å². The molecule has 0 saturated carbocycles. The van der Waals surface area contributed by atoms with Crippen LogP contribution in [0.1, 0.15) is 25.0 Å². The standard InChI is InChI=1S/C22H26N2O2/c1-17-13-23(15-19-9-5-3-6-10-19)22(26)18(2)14-24(21(17)25)16-20-11-7-4-8-12-20/h3-12,17-18H,13-16H2,1-2H3. The summed E-state index contributed by atoms with van der Waals surface area (Å²) in [6, 6.07) is 19.9. The van der Waals surface area contributed by atoms with Crippen LogP contribution >= 0.6 is 0 Å². The predicted molar refractivity (Wildman–Crippen MR) is 102 cm³/mol. The smallest absolute Gasteiger partial charge is 0.227 e. The molecular weight excluding hydrogens is 324 g/mol. The first-order valence-electron chi connectivity index (χ1n) is 9.20. The average Bonchev–Trinajstić information content (AvgIpc) is 2.66. The molecule has 2 amide bonds. The molecule has 26 heavy (non-hydrogen) atoms. The highest BCUT2D eigenvalue weighted by Gasteiger charge is 2.32. The summed E-state index contributed by atoms with van der Waals surface area (Å²) >= 11 is 0. The Kier molecular flexibility index (Phi) is 5.71. The molecule has 1 heterocycles. The second-order valence-electron chi connectivity index (χ2n) is 7.21. The Morgan fingerprint density at radius 3 is 1.38 bits per heavy atom. The lowest BCUT2D eigenvalue weighted by molar-refractivity contribution is -0.146. The van der Waals surface area contributed by atoms with Gasteiger partial charge in [-0.15, -0.1) is 0 Å². The maximum absolute atomic E-state index is 12.9. The largest absolute Gasteiger partial charge is 0.337 e. The molecular formula is C22H26N2O2. The van der Waals surface area contributed by atoms with Gasteiger partial charge in [0.05, 0.1) is 11.8 Å². The van der Waals surface area contributed by atoms with E-state index in [1.165, 1.54) is 0 Å². The summed E-state index contributed by atoms with van der Waals surface area (Å²) in [4.78, 5) is 29.6. The van der Waals surface area contributed by atoms with Crippen LogP contribution in [0.4, 0.5) is 0 Å². The van der Waals surface area contributed by atoms with Gasteiger partial charge in [-0.25, -0.2) is 0 Å². The van der Waals surface area contributed by atoms with Crippen molar-refractivity contribution in [2.75, 3.05) is 13.1 Å². The van der Waals surface area contributed by atoms with Crippen molar-refractivity contribution in [3.63, 3.8) is 0 Å². The summed E-state index contributed by atoms with van der Waals surface area (Å²) in [6.45, 7) is 5.87. The van der Waals surface area contributed by atoms with E-state index in [4.69, 9.17) is 0 Å². The molecule has 2 atom stereocenters. The number of carbonyl (C=O) groups excluding carboxylic acids is 2. The monoisotopic (exact) mass is 350 g/mol. The van der Waals surface area contributed by atoms with E-state index in [1.807, 2.05) is 84.3 Å². The highest BCUT2D eigenvalue weighted by molar-refractivity contribution is 5.84. The van der Waals surface area contributed by atoms with Gasteiger partial charge in [-0.2, -0.15) is 0 Å². The number of hydrogen-bond acceptors (Lipinski definition) is 2. The second-order valence-corrected chi connectivity index (χ2v) is 7.21. The maximum Gasteiger partial charge on any atom is 0.227 e. The molecule has 1 saturated heterocycles. The average molecular weight is 350 g/mol. The van der Waals surface area contributed by atoms with E-state index >= 15 is 0 Å². The number of carbonyl (C=O) groups is 2. The van der Waals surface area contributed by atoms with Crippen LogP contribution in [0.3, 0.4) is 0 Å². The predicted octanol–water partition coefficient (Wildman–Crippen LogP) is 3.33. The number of amides is 2. The van der Waals surface area contributed by atoms with Crippen molar-refractivity contribution in [2.24, 2.45) is 11.8 Å². The number of benzene rings is 2. The van der Waals surface area contributed by atoms with Gasteiger partial charge in [-0.3, -0.25) is 9.59 Å². The van der Waals surface area contributed by atoms with Crippen LogP contribution in [-0.2, 0) is 22.7 Å². The molecule has 0 bridgehead atoms. The van der Waals surface area contributed by atoms with Crippen LogP contribution in [0.25, 0.3) is 0 Å². The first kappa shape index (κ1) is 18.2. The van der Waals surface area contributed by atoms with Crippen LogP contribution in [0.5, 0.6) is 0 Å². The molecule has 1 aliphatic rings. The second kappa shape index (κ2) is 8.17. The van der Waals surface area contributed by atoms with Crippen molar-refractivity contribution < 1.29 is 9.59 Å². The number of hydrogen-bond donors (Lipinski definition) is 0. The quantitative estimate of drug-likeness (QED) is 0.849. The van der Waals surface area contributed by atoms with E-state index in [-0.39, 0.29) is 23.7 Å². The van der Waals surface area contributed by atoms with E-state index < -0.39 is 0 Å². The third-order valence-corrected chi connectivity index (χ3v) is 4.89. The topological polar surface area (TPSA) is 40.6 Å². The summed E-state index contributed by atoms with van der Waals surface area (Å²) in [6.07, 6.45) is 0. The van der Waals surface area contributed by atoms with Crippen LogP contribution in [-0.4, -0.2) is 34.7 Å². The van der Waals surface area contributed by atoms with Gasteiger partial charge < -0.3 is 9.80 Å². The van der Waals surface area contributed by atoms with E-state index in [9.17, 15) is 9.59 Å². The molecule has 2 aromatic rings. The fraction of sp³-hybridized carbons (Fsp3) is 0.364. The van der Waals surface area contributed by atoms with Crippen molar-refractivity contribution in [1.29, 1.82) is 0 Å². The normalized spacial score (nSPS) is 21.5. The SMILES string of the molecule is CC1CN(Cc2ccccc2)C(=O)C(C)CN(Cc2ccccc2)C1=O. The van der Waals surface area contributed by atoms with E-state index in [0.29, 0.717) is 26.2 Å². The van der Waals surface area contributed by atoms with Gasteiger partial charge in [-0.1, -0.05) is 74.5 Å². The Hall–Kier alpha value is -2.62. The molecule has 4 heteroatoms. The van der Waals surface area contributed by atoms with E-state index in [2.05, 4.69) is 0 Å². The third kappa shape index (κ3) is 4.31. The highest BCUT2D eigenvalue weighted by atomic mass is 16.2. The van der Waals surface area contributed by atoms with Crippen molar-refractivity contribution in [3.8, 4) is 0 Å². The lowest BCUT2D eigenvalue weighted by atomic mass is 10.0. The first-order valence-corrected chi connectivity index (χ1v) is 9.20. The highest BCUT2D eigenvalue weighted by Crippen LogP contribution is 2.20. The van der Waals surface area contributed by atoms with Crippen molar-refractivity contribution in [3.05, 3.63) is 71.8 Å². The van der Waals surface area contributed by atoms with Gasteiger partial charge in [0.25, 0.3) is 0 Å². The lowest BCUT2D eigenvalue weighted by Gasteiger charge is -2.36. The Morgan fingerprint density at radius 1 is 0.692 bits per heavy atom. The molecule has 0 N–H and O–H groups in total. The molecule has 2 aromatic carbocycles. The van der Waals surface area contributed by atoms with Crippen molar-refractivity contribution >= 4 is 11.8 Å². The van der Waals surface area contributed by atoms with Gasteiger partial charge in [0.2, 0.25) is 11.8 Å². The fourth-order valence-corrected chi connectivity index (χ4v) is 3.51. The molecule has 0 aromatic heterocycles. The van der Waals surface area contributed by atoms with Gasteiger partial charge in [0.1, 0.15) is 0 Å². The molecule has 0 aliphatic carbocycles. The fourth-order valence-electron chi connectivity index (χ4n) is 3.51. The van der Waals surface area contributed by atoms with Crippen molar-refractivity contribution in [1.82, 2.24) is 9.80 Å².